The van der Waals surface area contributed by atoms with Gasteiger partial charge >= 0.3 is 0 Å². The summed E-state index contributed by atoms with van der Waals surface area (Å²) < 4.78 is 0. The number of nitrogens with zero attached hydrogens (tertiary/aromatic N) is 3. The van der Waals surface area contributed by atoms with Crippen LogP contribution in [0.5, 0.6) is 0 Å². The van der Waals surface area contributed by atoms with Gasteiger partial charge in [-0.25, -0.2) is 0 Å². The van der Waals surface area contributed by atoms with E-state index in [1.165, 1.54) is 12.8 Å². The molecule has 3 rings (SSSR count). The first-order chi connectivity index (χ1) is 11.6. The van der Waals surface area contributed by atoms with Crippen molar-refractivity contribution in [2.75, 3.05) is 51.7 Å². The minimum atomic E-state index is -0.283. The molecule has 24 heavy (non-hydrogen) atoms. The zero-order valence-electron chi connectivity index (χ0n) is 14.5. The fourth-order valence-corrected chi connectivity index (χ4v) is 3.50. The second kappa shape index (κ2) is 7.21. The van der Waals surface area contributed by atoms with Gasteiger partial charge in [-0.2, -0.15) is 0 Å². The van der Waals surface area contributed by atoms with Gasteiger partial charge in [0.15, 0.2) is 0 Å². The lowest BCUT2D eigenvalue weighted by Gasteiger charge is -2.38. The van der Waals surface area contributed by atoms with Crippen LogP contribution in [0.4, 0.5) is 5.69 Å². The normalized spacial score (nSPS) is 21.8. The van der Waals surface area contributed by atoms with Gasteiger partial charge in [-0.15, -0.1) is 0 Å². The van der Waals surface area contributed by atoms with Crippen LogP contribution < -0.4 is 10.2 Å². The molecule has 1 atom stereocenters. The third-order valence-corrected chi connectivity index (χ3v) is 5.05. The molecule has 0 unspecified atom stereocenters. The van der Waals surface area contributed by atoms with Gasteiger partial charge in [-0.1, -0.05) is 6.07 Å². The highest BCUT2D eigenvalue weighted by atomic mass is 16.2. The van der Waals surface area contributed by atoms with E-state index in [9.17, 15) is 9.59 Å². The number of hydrogen-bond donors (Lipinski definition) is 1. The van der Waals surface area contributed by atoms with Crippen LogP contribution in [-0.4, -0.2) is 74.5 Å². The molecule has 0 spiro atoms. The first-order valence-electron chi connectivity index (χ1n) is 8.66. The molecule has 2 aliphatic heterocycles. The van der Waals surface area contributed by atoms with Gasteiger partial charge in [0, 0.05) is 51.0 Å². The van der Waals surface area contributed by atoms with Crippen molar-refractivity contribution >= 4 is 17.5 Å². The smallest absolute Gasteiger partial charge is 0.254 e. The van der Waals surface area contributed by atoms with Gasteiger partial charge < -0.3 is 15.1 Å². The summed E-state index contributed by atoms with van der Waals surface area (Å²) in [5.41, 5.74) is 1.83. The Morgan fingerprint density at radius 1 is 1.12 bits per heavy atom. The maximum atomic E-state index is 12.9. The number of carbonyl (C=O) groups excluding carboxylic acids is 2. The Bertz CT molecular complexity index is 613. The minimum Gasteiger partial charge on any atom is -0.372 e. The number of benzene rings is 1. The molecule has 2 aliphatic rings. The Balaban J connectivity index is 1.74. The van der Waals surface area contributed by atoms with Crippen molar-refractivity contribution in [2.45, 2.75) is 18.9 Å². The summed E-state index contributed by atoms with van der Waals surface area (Å²) in [5, 5.41) is 2.69. The van der Waals surface area contributed by atoms with Crippen molar-refractivity contribution < 1.29 is 9.59 Å². The molecule has 1 N–H and O–H groups in total. The Kier molecular flexibility index (Phi) is 5.04. The summed E-state index contributed by atoms with van der Waals surface area (Å²) in [4.78, 5) is 31.0. The highest BCUT2D eigenvalue weighted by Gasteiger charge is 2.32. The predicted molar refractivity (Wildman–Crippen MR) is 94.3 cm³/mol. The predicted octanol–water partition coefficient (Wildman–Crippen LogP) is 0.789. The van der Waals surface area contributed by atoms with Gasteiger partial charge in [0.25, 0.3) is 5.91 Å². The molecule has 2 amide bonds. The molecule has 0 radical (unpaired) electrons. The van der Waals surface area contributed by atoms with Gasteiger partial charge in [-0.05, 0) is 38.1 Å². The molecule has 2 saturated heterocycles. The number of nitrogens with one attached hydrogen (secondary N) is 1. The van der Waals surface area contributed by atoms with E-state index in [-0.39, 0.29) is 17.9 Å². The molecule has 130 valence electrons. The molecule has 1 aromatic rings. The first kappa shape index (κ1) is 16.8. The standard InChI is InChI=1S/C18H26N4O2/c1-19-17(23)16-13-22(11-10-20(16)2)18(24)14-6-5-7-15(12-14)21-8-3-4-9-21/h5-7,12,16H,3-4,8-11,13H2,1-2H3,(H,19,23)/t16-/m0/s1. The molecule has 6 heteroatoms. The molecule has 0 saturated carbocycles. The zero-order valence-corrected chi connectivity index (χ0v) is 14.5. The highest BCUT2D eigenvalue weighted by molar-refractivity contribution is 5.96. The zero-order chi connectivity index (χ0) is 17.1. The summed E-state index contributed by atoms with van der Waals surface area (Å²) in [6, 6.07) is 7.59. The molecule has 0 aliphatic carbocycles. The van der Waals surface area contributed by atoms with Crippen molar-refractivity contribution in [1.82, 2.24) is 15.1 Å². The summed E-state index contributed by atoms with van der Waals surface area (Å²) in [7, 11) is 3.56. The van der Waals surface area contributed by atoms with E-state index in [4.69, 9.17) is 0 Å². The molecular weight excluding hydrogens is 304 g/mol. The Morgan fingerprint density at radius 3 is 2.58 bits per heavy atom. The molecule has 0 bridgehead atoms. The van der Waals surface area contributed by atoms with Crippen molar-refractivity contribution in [3.05, 3.63) is 29.8 Å². The summed E-state index contributed by atoms with van der Waals surface area (Å²) in [6.07, 6.45) is 2.43. The molecule has 2 heterocycles. The van der Waals surface area contributed by atoms with Gasteiger partial charge in [0.2, 0.25) is 5.91 Å². The van der Waals surface area contributed by atoms with Crippen LogP contribution in [0.15, 0.2) is 24.3 Å². The number of anilines is 1. The monoisotopic (exact) mass is 330 g/mol. The van der Waals surface area contributed by atoms with E-state index in [0.29, 0.717) is 25.2 Å². The Hall–Kier alpha value is -2.08. The highest BCUT2D eigenvalue weighted by Crippen LogP contribution is 2.22. The van der Waals surface area contributed by atoms with Gasteiger partial charge in [0.1, 0.15) is 6.04 Å². The van der Waals surface area contributed by atoms with Crippen LogP contribution in [0.1, 0.15) is 23.2 Å². The number of hydrogen-bond acceptors (Lipinski definition) is 4. The maximum absolute atomic E-state index is 12.9. The van der Waals surface area contributed by atoms with Crippen LogP contribution in [0.25, 0.3) is 0 Å². The van der Waals surface area contributed by atoms with Crippen LogP contribution in [0.2, 0.25) is 0 Å². The van der Waals surface area contributed by atoms with E-state index in [1.807, 2.05) is 30.1 Å². The quantitative estimate of drug-likeness (QED) is 0.890. The second-order valence-corrected chi connectivity index (χ2v) is 6.61. The van der Waals surface area contributed by atoms with Crippen molar-refractivity contribution in [2.24, 2.45) is 0 Å². The van der Waals surface area contributed by atoms with Crippen LogP contribution in [-0.2, 0) is 4.79 Å². The summed E-state index contributed by atoms with van der Waals surface area (Å²) in [6.45, 7) is 3.91. The van der Waals surface area contributed by atoms with Crippen molar-refractivity contribution in [1.29, 1.82) is 0 Å². The Morgan fingerprint density at radius 2 is 1.88 bits per heavy atom. The lowest BCUT2D eigenvalue weighted by Crippen LogP contribution is -2.58. The lowest BCUT2D eigenvalue weighted by molar-refractivity contribution is -0.127. The fraction of sp³-hybridized carbons (Fsp3) is 0.556. The average molecular weight is 330 g/mol. The number of likely N-dealkylation sites (N-methyl/N-ethyl adjacent to an activating group) is 2. The number of piperazine rings is 1. The third kappa shape index (κ3) is 3.38. The number of amides is 2. The first-order valence-corrected chi connectivity index (χ1v) is 8.66. The second-order valence-electron chi connectivity index (χ2n) is 6.61. The SMILES string of the molecule is CNC(=O)[C@@H]1CN(C(=O)c2cccc(N3CCCC3)c2)CCN1C. The molecular formula is C18H26N4O2. The summed E-state index contributed by atoms with van der Waals surface area (Å²) >= 11 is 0. The van der Waals surface area contributed by atoms with Crippen molar-refractivity contribution in [3.8, 4) is 0 Å². The Labute approximate surface area is 143 Å². The van der Waals surface area contributed by atoms with Gasteiger partial charge in [-0.3, -0.25) is 14.5 Å². The maximum Gasteiger partial charge on any atom is 0.254 e. The number of carbonyl (C=O) groups is 2. The van der Waals surface area contributed by atoms with Gasteiger partial charge in [0.05, 0.1) is 0 Å². The average Bonchev–Trinajstić information content (AvgIpc) is 3.16. The van der Waals surface area contributed by atoms with E-state index in [2.05, 4.69) is 16.3 Å². The summed E-state index contributed by atoms with van der Waals surface area (Å²) in [5.74, 6) is -0.0288. The molecule has 2 fully saturated rings. The van der Waals surface area contributed by atoms with E-state index in [1.54, 1.807) is 11.9 Å². The third-order valence-electron chi connectivity index (χ3n) is 5.05. The molecule has 6 nitrogen and oxygen atoms in total. The van der Waals surface area contributed by atoms with Crippen molar-refractivity contribution in [3.63, 3.8) is 0 Å². The van der Waals surface area contributed by atoms with Crippen LogP contribution in [0.3, 0.4) is 0 Å². The van der Waals surface area contributed by atoms with Crippen LogP contribution in [0, 0.1) is 0 Å². The number of rotatable bonds is 3. The van der Waals surface area contributed by atoms with E-state index < -0.39 is 0 Å². The van der Waals surface area contributed by atoms with E-state index in [0.717, 1.165) is 18.8 Å². The van der Waals surface area contributed by atoms with Crippen LogP contribution >= 0.6 is 0 Å². The van der Waals surface area contributed by atoms with E-state index >= 15 is 0 Å². The largest absolute Gasteiger partial charge is 0.372 e. The lowest BCUT2D eigenvalue weighted by atomic mass is 10.1. The minimum absolute atomic E-state index is 0.0121. The molecule has 1 aromatic carbocycles. The molecule has 0 aromatic heterocycles. The topological polar surface area (TPSA) is 55.9 Å². The fourth-order valence-electron chi connectivity index (χ4n) is 3.50.